The summed E-state index contributed by atoms with van der Waals surface area (Å²) in [6.45, 7) is -1.71. The SMILES string of the molecule is COCC(Oc1cc(CNC(=O)NC2CC2C(F)(F)F)ccn1)C(F)(F)F.COCC(Oc1cc(CNC(=O)N[C@@H]2C[C@H]2C(F)(F)F)ccn1)C(F)(F)F. The minimum atomic E-state index is -4.66. The first-order valence-electron chi connectivity index (χ1n) is 15.6. The fourth-order valence-corrected chi connectivity index (χ4v) is 4.47. The number of nitrogens with one attached hydrogen (secondary N) is 4. The minimum absolute atomic E-state index is 0.130. The average molecular weight is 803 g/mol. The van der Waals surface area contributed by atoms with Crippen molar-refractivity contribution < 1.29 is 81.2 Å². The van der Waals surface area contributed by atoms with Crippen LogP contribution in [0.1, 0.15) is 24.0 Å². The van der Waals surface area contributed by atoms with Gasteiger partial charge < -0.3 is 40.2 Å². The fourth-order valence-electron chi connectivity index (χ4n) is 4.47. The molecule has 6 atom stereocenters. The zero-order chi connectivity index (χ0) is 40.5. The smallest absolute Gasteiger partial charge is 0.427 e. The van der Waals surface area contributed by atoms with E-state index in [1.807, 2.05) is 0 Å². The molecule has 12 nitrogen and oxygen atoms in total. The first kappa shape index (κ1) is 43.9. The van der Waals surface area contributed by atoms with Crippen molar-refractivity contribution in [2.24, 2.45) is 11.8 Å². The van der Waals surface area contributed by atoms with Crippen LogP contribution in [0.4, 0.5) is 62.3 Å². The Kier molecular flexibility index (Phi) is 14.8. The molecule has 4 N–H and O–H groups in total. The first-order valence-corrected chi connectivity index (χ1v) is 15.6. The third-order valence-electron chi connectivity index (χ3n) is 7.45. The zero-order valence-electron chi connectivity index (χ0n) is 28.1. The van der Waals surface area contributed by atoms with Gasteiger partial charge in [0.05, 0.1) is 25.0 Å². The maximum absolute atomic E-state index is 12.8. The lowest BCUT2D eigenvalue weighted by molar-refractivity contribution is -0.207. The van der Waals surface area contributed by atoms with Crippen LogP contribution in [0.2, 0.25) is 0 Å². The van der Waals surface area contributed by atoms with Crippen LogP contribution < -0.4 is 30.7 Å². The van der Waals surface area contributed by atoms with Gasteiger partial charge in [0.25, 0.3) is 0 Å². The molecule has 4 unspecified atom stereocenters. The molecule has 2 saturated carbocycles. The molecule has 0 aromatic carbocycles. The van der Waals surface area contributed by atoms with Crippen LogP contribution in [-0.4, -0.2) is 98.5 Å². The Hall–Kier alpha value is -4.48. The molecule has 24 heteroatoms. The predicted octanol–water partition coefficient (Wildman–Crippen LogP) is 5.58. The quantitative estimate of drug-likeness (QED) is 0.182. The Morgan fingerprint density at radius 1 is 0.667 bits per heavy atom. The Morgan fingerprint density at radius 3 is 1.30 bits per heavy atom. The van der Waals surface area contributed by atoms with Crippen molar-refractivity contribution in [1.82, 2.24) is 31.2 Å². The van der Waals surface area contributed by atoms with Crippen LogP contribution >= 0.6 is 0 Å². The minimum Gasteiger partial charge on any atom is -0.462 e. The van der Waals surface area contributed by atoms with E-state index in [1.54, 1.807) is 0 Å². The van der Waals surface area contributed by atoms with Gasteiger partial charge in [-0.15, -0.1) is 0 Å². The van der Waals surface area contributed by atoms with E-state index < -0.39 is 86.1 Å². The Labute approximate surface area is 298 Å². The standard InChI is InChI=1S/2C15H17F6N3O3/c2*1-26-7-11(15(19,20)21)27-12-4-8(2-3-22-12)6-23-13(25)24-10-5-9(10)14(16,17)18/h2*2-4,9-11H,5-7H2,1H3,(H2,23,24,25)/t9-,10-,11?;/m1./s1. The maximum atomic E-state index is 12.8. The number of halogens is 12. The van der Waals surface area contributed by atoms with Gasteiger partial charge in [-0.2, -0.15) is 52.7 Å². The highest BCUT2D eigenvalue weighted by atomic mass is 19.4. The monoisotopic (exact) mass is 802 g/mol. The third kappa shape index (κ3) is 14.7. The van der Waals surface area contributed by atoms with Crippen molar-refractivity contribution in [2.75, 3.05) is 27.4 Å². The molecular weight excluding hydrogens is 768 g/mol. The summed E-state index contributed by atoms with van der Waals surface area (Å²) in [6, 6.07) is 1.65. The molecule has 2 heterocycles. The number of methoxy groups -OCH3 is 2. The van der Waals surface area contributed by atoms with E-state index in [2.05, 4.69) is 40.7 Å². The number of amides is 4. The molecule has 2 fully saturated rings. The molecule has 304 valence electrons. The number of carbonyl (C=O) groups is 2. The van der Waals surface area contributed by atoms with Crippen molar-refractivity contribution >= 4 is 12.1 Å². The van der Waals surface area contributed by atoms with Crippen LogP contribution in [0.25, 0.3) is 0 Å². The normalized spacial score (nSPS) is 20.7. The summed E-state index contributed by atoms with van der Waals surface area (Å²) in [6.07, 6.45) is -20.4. The van der Waals surface area contributed by atoms with E-state index >= 15 is 0 Å². The van der Waals surface area contributed by atoms with Gasteiger partial charge in [0.15, 0.2) is 0 Å². The third-order valence-corrected chi connectivity index (χ3v) is 7.45. The predicted molar refractivity (Wildman–Crippen MR) is 160 cm³/mol. The number of urea groups is 2. The molecule has 2 aliphatic carbocycles. The van der Waals surface area contributed by atoms with Crippen molar-refractivity contribution in [1.29, 1.82) is 0 Å². The number of ether oxygens (including phenoxy) is 4. The second-order valence-corrected chi connectivity index (χ2v) is 11.8. The maximum Gasteiger partial charge on any atom is 0.427 e. The summed E-state index contributed by atoms with van der Waals surface area (Å²) in [4.78, 5) is 30.6. The summed E-state index contributed by atoms with van der Waals surface area (Å²) < 4.78 is 170. The molecule has 2 aromatic rings. The molecule has 4 amide bonds. The average Bonchev–Trinajstić information content (AvgIpc) is 3.98. The highest BCUT2D eigenvalue weighted by Crippen LogP contribution is 2.45. The van der Waals surface area contributed by atoms with Crippen LogP contribution in [0, 0.1) is 11.8 Å². The highest BCUT2D eigenvalue weighted by Gasteiger charge is 2.57. The van der Waals surface area contributed by atoms with Crippen molar-refractivity contribution in [3.8, 4) is 11.8 Å². The topological polar surface area (TPSA) is 145 Å². The van der Waals surface area contributed by atoms with E-state index in [9.17, 15) is 62.3 Å². The van der Waals surface area contributed by atoms with Gasteiger partial charge in [-0.05, 0) is 36.1 Å². The van der Waals surface area contributed by atoms with Crippen molar-refractivity contribution in [3.05, 3.63) is 47.8 Å². The zero-order valence-corrected chi connectivity index (χ0v) is 28.1. The molecule has 0 spiro atoms. The second kappa shape index (κ2) is 18.2. The van der Waals surface area contributed by atoms with Crippen LogP contribution in [0.3, 0.4) is 0 Å². The molecule has 2 aliphatic rings. The van der Waals surface area contributed by atoms with Gasteiger partial charge in [-0.25, -0.2) is 19.6 Å². The van der Waals surface area contributed by atoms with E-state index in [0.717, 1.165) is 14.2 Å². The first-order chi connectivity index (χ1) is 25.0. The van der Waals surface area contributed by atoms with E-state index in [1.165, 1.54) is 36.7 Å². The van der Waals surface area contributed by atoms with Gasteiger partial charge in [0, 0.05) is 63.9 Å². The van der Waals surface area contributed by atoms with E-state index in [0.29, 0.717) is 11.1 Å². The molecule has 0 aliphatic heterocycles. The molecule has 2 aromatic heterocycles. The number of hydrogen-bond acceptors (Lipinski definition) is 8. The molecule has 0 bridgehead atoms. The summed E-state index contributed by atoms with van der Waals surface area (Å²) >= 11 is 0. The largest absolute Gasteiger partial charge is 0.462 e. The lowest BCUT2D eigenvalue weighted by Gasteiger charge is -2.20. The van der Waals surface area contributed by atoms with Gasteiger partial charge in [0.1, 0.15) is 0 Å². The number of hydrogen-bond donors (Lipinski definition) is 4. The molecular formula is C30H34F12N6O6. The Morgan fingerprint density at radius 2 is 1.02 bits per heavy atom. The van der Waals surface area contributed by atoms with Crippen LogP contribution in [0.15, 0.2) is 36.7 Å². The van der Waals surface area contributed by atoms with Gasteiger partial charge in [-0.1, -0.05) is 0 Å². The lowest BCUT2D eigenvalue weighted by Crippen LogP contribution is -2.39. The highest BCUT2D eigenvalue weighted by molar-refractivity contribution is 5.75. The van der Waals surface area contributed by atoms with Gasteiger partial charge in [-0.3, -0.25) is 0 Å². The van der Waals surface area contributed by atoms with Crippen molar-refractivity contribution in [3.63, 3.8) is 0 Å². The van der Waals surface area contributed by atoms with Crippen LogP contribution in [-0.2, 0) is 22.6 Å². The second-order valence-electron chi connectivity index (χ2n) is 11.8. The lowest BCUT2D eigenvalue weighted by atomic mass is 10.2. The molecule has 0 radical (unpaired) electrons. The molecule has 4 rings (SSSR count). The van der Waals surface area contributed by atoms with Gasteiger partial charge >= 0.3 is 36.8 Å². The summed E-state index contributed by atoms with van der Waals surface area (Å²) in [5, 5.41) is 9.03. The number of alkyl halides is 12. The number of aromatic nitrogens is 2. The Bertz CT molecular complexity index is 1420. The number of nitrogens with zero attached hydrogens (tertiary/aromatic N) is 2. The fraction of sp³-hybridized carbons (Fsp3) is 0.600. The van der Waals surface area contributed by atoms with E-state index in [-0.39, 0.29) is 37.7 Å². The number of rotatable bonds is 14. The van der Waals surface area contributed by atoms with E-state index in [4.69, 9.17) is 9.47 Å². The van der Waals surface area contributed by atoms with Gasteiger partial charge in [0.2, 0.25) is 24.0 Å². The molecule has 54 heavy (non-hydrogen) atoms. The number of pyridine rings is 2. The summed E-state index contributed by atoms with van der Waals surface area (Å²) in [7, 11) is 2.19. The molecule has 0 saturated heterocycles. The van der Waals surface area contributed by atoms with Crippen molar-refractivity contribution in [2.45, 2.75) is 74.9 Å². The van der Waals surface area contributed by atoms with Crippen LogP contribution in [0.5, 0.6) is 11.8 Å². The number of carbonyl (C=O) groups excluding carboxylic acids is 2. The summed E-state index contributed by atoms with van der Waals surface area (Å²) in [5.74, 6) is -3.75. The summed E-state index contributed by atoms with van der Waals surface area (Å²) in [5.41, 5.74) is 0.716. The Balaban J connectivity index is 0.000000290.